The van der Waals surface area contributed by atoms with Gasteiger partial charge in [-0.15, -0.1) is 0 Å². The minimum absolute atomic E-state index is 0.870. The van der Waals surface area contributed by atoms with Crippen LogP contribution in [0, 0.1) is 0 Å². The molecule has 56 atom stereocenters. The fourth-order valence-electron chi connectivity index (χ4n) is 16.6. The highest BCUT2D eigenvalue weighted by Crippen LogP contribution is 2.47. The van der Waals surface area contributed by atoms with E-state index in [1.807, 2.05) is 0 Å². The Kier molecular flexibility index (Phi) is 40.4. The average molecular weight is 2000 g/mol. The van der Waals surface area contributed by atoms with Gasteiger partial charge in [-0.05, 0) is 0 Å². The molecule has 10 fully saturated rings. The lowest BCUT2D eigenvalue weighted by atomic mass is 9.91. The monoisotopic (exact) mass is 2000 g/mol. The number of rotatable bonds is 39. The first-order valence-electron chi connectivity index (χ1n) is 41.5. The fourth-order valence-corrected chi connectivity index (χ4v) is 17.2. The van der Waals surface area contributed by atoms with E-state index in [1.165, 1.54) is 0 Å². The van der Waals surface area contributed by atoms with Crippen LogP contribution in [0.15, 0.2) is 0 Å². The molecule has 0 spiro atoms. The van der Waals surface area contributed by atoms with Crippen molar-refractivity contribution in [2.24, 2.45) is 0 Å². The summed E-state index contributed by atoms with van der Waals surface area (Å²) in [6.07, 6.45) is -137. The zero-order valence-electron chi connectivity index (χ0n) is 69.8. The molecule has 0 saturated carbocycles. The molecule has 10 aliphatic heterocycles. The molecule has 0 aliphatic carbocycles. The number of aliphatic hydroxyl groups is 36. The number of hydrogen-bond donors (Lipinski definition) is 40. The van der Waals surface area contributed by atoms with Crippen LogP contribution in [0.5, 0.6) is 0 Å². The number of carboxylic acids is 1. The molecule has 0 unspecified atom stereocenters. The first kappa shape index (κ1) is 113. The molecule has 10 saturated heterocycles. The van der Waals surface area contributed by atoms with E-state index in [0.29, 0.717) is 0 Å². The van der Waals surface area contributed by atoms with Crippen molar-refractivity contribution >= 4 is 19.7 Å². The van der Waals surface area contributed by atoms with Crippen molar-refractivity contribution < 1.29 is 307 Å². The molecule has 0 radical (unpaired) electrons. The zero-order chi connectivity index (χ0) is 99.5. The molecule has 10 heterocycles. The van der Waals surface area contributed by atoms with Gasteiger partial charge in [-0.25, -0.2) is 9.36 Å². The Morgan fingerprint density at radius 3 is 1.16 bits per heavy atom. The Labute approximate surface area is 753 Å². The SMILES string of the molecule is CC(=O)N[C@H]1[C@@H](OC[C@H](O)[C@H]2O[C@H](O[C@@H]3[C@@H](O[C@@H]4[C@H](O)[C@@H](O[C@H]5[C@@H]([C@H](O)CO)O[C@@](O)(C(=O)O)C[C@H]5OP(=O)(O)O)O[C@H]([C@H](CO)O[C@H]5O[C@H]([C@@H](O)CO)[C@@H](O)[C@H](O)[C@@H]5O)[C@H]4O[C@@H]4O[C@H](CO[C@H]5O[C@H]([C@@H](CO)O[C@H]6O[C@H]([C@H](O)CO)[C@@H](O)[C@H](O)[C@@H]6O)[C@@H](O[C@@H]6O[C@H](CO)[C@H](O)[C@H](O)[C@H]6O)[C@H](O)[C@@H]5O)[C@@H](O)[C@H](O)[C@H]4O)O[C@H]([C@@H](O)CO)[C@@H](O)[C@@H]3O)[C@@H](O)[C@@H](O)[C@@H]2O)O[C@H](CO)[C@@H](O)[C@@H]1O. The highest BCUT2D eigenvalue weighted by atomic mass is 31.2. The number of aliphatic hydroxyl groups excluding tert-OH is 35. The van der Waals surface area contributed by atoms with Crippen molar-refractivity contribution in [1.29, 1.82) is 0 Å². The predicted molar refractivity (Wildman–Crippen MR) is 399 cm³/mol. The molecule has 10 aliphatic rings. The van der Waals surface area contributed by atoms with Gasteiger partial charge in [0.1, 0.15) is 281 Å². The predicted octanol–water partition coefficient (Wildman–Crippen LogP) is -26.5. The van der Waals surface area contributed by atoms with Crippen molar-refractivity contribution in [3.8, 4) is 0 Å². The summed E-state index contributed by atoms with van der Waals surface area (Å²) in [4.78, 5) is 45.5. The first-order valence-corrected chi connectivity index (χ1v) is 43.1. The molecule has 0 bridgehead atoms. The number of nitrogens with one attached hydrogen (secondary N) is 1. The number of aliphatic carboxylic acids is 1. The lowest BCUT2D eigenvalue weighted by molar-refractivity contribution is -0.419. The zero-order valence-corrected chi connectivity index (χ0v) is 70.7. The smallest absolute Gasteiger partial charge is 0.469 e. The topological polar surface area (TPSA) is 1040 Å². The van der Waals surface area contributed by atoms with Crippen LogP contribution in [-0.2, 0) is 109 Å². The normalized spacial score (nSPS) is 48.3. The van der Waals surface area contributed by atoms with Crippen LogP contribution >= 0.6 is 7.82 Å². The van der Waals surface area contributed by atoms with Crippen LogP contribution in [0.25, 0.3) is 0 Å². The molecule has 0 aromatic heterocycles. The van der Waals surface area contributed by atoms with Crippen molar-refractivity contribution in [3.63, 3.8) is 0 Å². The minimum Gasteiger partial charge on any atom is -0.477 e. The van der Waals surface area contributed by atoms with Crippen LogP contribution in [-0.4, -0.2) is 620 Å². The van der Waals surface area contributed by atoms with Crippen LogP contribution < -0.4 is 5.32 Å². The van der Waals surface area contributed by atoms with E-state index >= 15 is 0 Å². The molecule has 40 N–H and O–H groups in total. The fraction of sp³-hybridized carbons (Fsp3) is 0.971. The van der Waals surface area contributed by atoms with E-state index in [2.05, 4.69) is 5.32 Å². The standard InChI is InChI=1S/C70H120NO62P/c1-13(80)71-25-29(89)26(86)20(7-76)116-60(25)114-11-18(85)51-37(97)34(94)45(105)66(123-51)130-58-39(99)38(98)50(16(83)5-74)124-68(58)129-57-47(107)67(126-53-19(133-134(111,112)113)2-70(110,69(108)109)132-52(53)17(84)6-75)127-55(23(10-79)119-64-44(104)33(93)36(96)49(122-64)15(82)4-73)59(57)131-65-42(102)31(91)28(88)24(120-65)12-115-61-46(106)40(100)56(128-62-41(101)30(90)27(87)21(8-77)117-62)54(125-61)22(9-78)118-63-43(103)32(92)35(95)48(121-63)14(81)3-72/h14-68,72-79,81-107,110H,2-12H2,1H3,(H,71,80)(H,108,109)(H2,111,112,113)/t14-,15+,16+,17-,18+,19-,20-,21-,22-,23+,24-,25-,26-,27+,28-,29-,30+,31+,32+,33+,34+,35+,36+,37+,38+,39+,40-,41-,42-,43+,44+,45+,46+,47+,48-,49-,50-,51-,52-,53-,54-,55-,56+,57-,58+,59-,60+,61+,62+,63+,64+,65+,66-,67+,68-,70-/m1/s1. The highest BCUT2D eigenvalue weighted by molar-refractivity contribution is 7.46. The number of ether oxygens (including phenoxy) is 19. The Bertz CT molecular complexity index is 3640. The molecule has 0 aromatic rings. The number of carbonyl (C=O) groups excluding carboxylic acids is 1. The Morgan fingerprint density at radius 2 is 0.694 bits per heavy atom. The van der Waals surface area contributed by atoms with Gasteiger partial charge < -0.3 is 294 Å². The largest absolute Gasteiger partial charge is 0.477 e. The third kappa shape index (κ3) is 24.7. The van der Waals surface area contributed by atoms with Gasteiger partial charge in [0.2, 0.25) is 5.91 Å². The second kappa shape index (κ2) is 48.0. The van der Waals surface area contributed by atoms with E-state index in [-0.39, 0.29) is 0 Å². The lowest BCUT2D eigenvalue weighted by Gasteiger charge is -2.53. The van der Waals surface area contributed by atoms with Crippen LogP contribution in [0.3, 0.4) is 0 Å². The van der Waals surface area contributed by atoms with Crippen LogP contribution in [0.4, 0.5) is 0 Å². The summed E-state index contributed by atoms with van der Waals surface area (Å²) in [5.74, 6) is -7.01. The molecule has 10 rings (SSSR count). The van der Waals surface area contributed by atoms with Crippen molar-refractivity contribution in [2.75, 3.05) is 66.1 Å². The summed E-state index contributed by atoms with van der Waals surface area (Å²) in [6, 6.07) is -1.71. The maximum atomic E-state index is 13.2. The van der Waals surface area contributed by atoms with E-state index < -0.39 is 435 Å². The molecular weight excluding hydrogens is 1880 g/mol. The summed E-state index contributed by atoms with van der Waals surface area (Å²) in [5, 5.41) is 415. The van der Waals surface area contributed by atoms with Gasteiger partial charge in [-0.3, -0.25) is 9.32 Å². The summed E-state index contributed by atoms with van der Waals surface area (Å²) in [6.45, 7) is -12.6. The molecule has 63 nitrogen and oxygen atoms in total. The Hall–Kier alpha value is -3.15. The second-order valence-corrected chi connectivity index (χ2v) is 34.5. The molecule has 134 heavy (non-hydrogen) atoms. The maximum Gasteiger partial charge on any atom is 0.469 e. The summed E-state index contributed by atoms with van der Waals surface area (Å²) in [5.41, 5.74) is 0. The lowest BCUT2D eigenvalue weighted by Crippen LogP contribution is -2.71. The first-order chi connectivity index (χ1) is 62.9. The number of phosphoric ester groups is 1. The van der Waals surface area contributed by atoms with Crippen molar-refractivity contribution in [2.45, 2.75) is 356 Å². The van der Waals surface area contributed by atoms with Crippen molar-refractivity contribution in [1.82, 2.24) is 5.32 Å². The average Bonchev–Trinajstić information content (AvgIpc) is 0.750. The van der Waals surface area contributed by atoms with Crippen LogP contribution in [0.1, 0.15) is 13.3 Å². The van der Waals surface area contributed by atoms with Gasteiger partial charge in [-0.1, -0.05) is 0 Å². The molecule has 1 amide bonds. The number of amides is 1. The number of hydrogen-bond acceptors (Lipinski definition) is 59. The van der Waals surface area contributed by atoms with Crippen molar-refractivity contribution in [3.05, 3.63) is 0 Å². The molecular formula is C70H120NO62P. The Morgan fingerprint density at radius 1 is 0.351 bits per heavy atom. The van der Waals surface area contributed by atoms with E-state index in [0.717, 1.165) is 6.92 Å². The van der Waals surface area contributed by atoms with E-state index in [9.17, 15) is 213 Å². The maximum absolute atomic E-state index is 13.2. The summed E-state index contributed by atoms with van der Waals surface area (Å²) in [7, 11) is -6.15. The quantitative estimate of drug-likeness (QED) is 0.0254. The minimum atomic E-state index is -6.15. The van der Waals surface area contributed by atoms with E-state index in [1.54, 1.807) is 0 Å². The van der Waals surface area contributed by atoms with Gasteiger partial charge in [-0.2, -0.15) is 0 Å². The van der Waals surface area contributed by atoms with Gasteiger partial charge in [0.15, 0.2) is 56.6 Å². The summed E-state index contributed by atoms with van der Waals surface area (Å²) >= 11 is 0. The van der Waals surface area contributed by atoms with E-state index in [4.69, 9.17) is 94.5 Å². The Balaban J connectivity index is 1.07. The highest BCUT2D eigenvalue weighted by Gasteiger charge is 2.65. The van der Waals surface area contributed by atoms with Crippen LogP contribution in [0.2, 0.25) is 0 Å². The third-order valence-electron chi connectivity index (χ3n) is 24.1. The van der Waals surface area contributed by atoms with Gasteiger partial charge >= 0.3 is 13.8 Å². The number of carboxylic acid groups (broad SMARTS) is 1. The molecule has 782 valence electrons. The van der Waals surface area contributed by atoms with Gasteiger partial charge in [0, 0.05) is 13.3 Å². The van der Waals surface area contributed by atoms with Gasteiger partial charge in [0.25, 0.3) is 5.79 Å². The molecule has 0 aromatic carbocycles. The third-order valence-corrected chi connectivity index (χ3v) is 24.6. The summed E-state index contributed by atoms with van der Waals surface area (Å²) < 4.78 is 129. The number of phosphoric acid groups is 1. The van der Waals surface area contributed by atoms with Gasteiger partial charge in [0.05, 0.1) is 66.1 Å². The molecule has 64 heteroatoms. The number of carbonyl (C=O) groups is 2. The second-order valence-electron chi connectivity index (χ2n) is 33.3.